The Balaban J connectivity index is 1.64. The molecule has 0 radical (unpaired) electrons. The summed E-state index contributed by atoms with van der Waals surface area (Å²) >= 11 is 1.05. The molecule has 0 fully saturated rings. The number of H-pyrrole nitrogens is 1. The van der Waals surface area contributed by atoms with Crippen molar-refractivity contribution in [3.63, 3.8) is 0 Å². The molecule has 0 aliphatic carbocycles. The van der Waals surface area contributed by atoms with E-state index < -0.39 is 17.8 Å². The van der Waals surface area contributed by atoms with Crippen LogP contribution in [0, 0.1) is 0 Å². The predicted molar refractivity (Wildman–Crippen MR) is 93.9 cm³/mol. The molecule has 1 aliphatic rings. The van der Waals surface area contributed by atoms with Gasteiger partial charge in [-0.2, -0.15) is 5.10 Å². The zero-order valence-corrected chi connectivity index (χ0v) is 15.1. The van der Waals surface area contributed by atoms with Gasteiger partial charge < -0.3 is 4.84 Å². The molecule has 27 heavy (non-hydrogen) atoms. The fourth-order valence-electron chi connectivity index (χ4n) is 2.65. The molecule has 0 atom stereocenters. The lowest BCUT2D eigenvalue weighted by atomic mass is 10.1. The van der Waals surface area contributed by atoms with Crippen molar-refractivity contribution in [2.45, 2.75) is 19.8 Å². The van der Waals surface area contributed by atoms with Gasteiger partial charge in [-0.3, -0.25) is 14.7 Å². The van der Waals surface area contributed by atoms with Crippen LogP contribution in [0.15, 0.2) is 30.6 Å². The van der Waals surface area contributed by atoms with Crippen molar-refractivity contribution in [2.24, 2.45) is 0 Å². The molecule has 1 aliphatic heterocycles. The molecule has 2 aromatic heterocycles. The average Bonchev–Trinajstić information content (AvgIpc) is 3.37. The normalized spacial score (nSPS) is 13.4. The molecule has 0 bridgehead atoms. The van der Waals surface area contributed by atoms with E-state index >= 15 is 0 Å². The van der Waals surface area contributed by atoms with Crippen molar-refractivity contribution in [1.82, 2.24) is 25.2 Å². The SMILES string of the molecule is CC(C)c1nc(-c2ncn[nH]2)sc1C(=O)ON1C(=O)c2ccccc2C1=O. The number of hydrogen-bond donors (Lipinski definition) is 1. The van der Waals surface area contributed by atoms with E-state index in [1.807, 2.05) is 13.8 Å². The molecule has 10 heteroatoms. The Kier molecular flexibility index (Phi) is 4.04. The number of aromatic amines is 1. The van der Waals surface area contributed by atoms with E-state index in [4.69, 9.17) is 4.84 Å². The third-order valence-electron chi connectivity index (χ3n) is 3.93. The summed E-state index contributed by atoms with van der Waals surface area (Å²) in [4.78, 5) is 51.3. The molecule has 136 valence electrons. The van der Waals surface area contributed by atoms with Gasteiger partial charge in [0.2, 0.25) is 0 Å². The third kappa shape index (κ3) is 2.79. The highest BCUT2D eigenvalue weighted by Gasteiger charge is 2.39. The second-order valence-corrected chi connectivity index (χ2v) is 7.05. The maximum Gasteiger partial charge on any atom is 0.375 e. The van der Waals surface area contributed by atoms with Crippen molar-refractivity contribution in [2.75, 3.05) is 0 Å². The molecule has 3 aromatic rings. The molecule has 0 saturated carbocycles. The Hall–Kier alpha value is -3.40. The Morgan fingerprint density at radius 1 is 1.19 bits per heavy atom. The number of amides is 2. The van der Waals surface area contributed by atoms with Crippen LogP contribution in [0.4, 0.5) is 0 Å². The fourth-order valence-corrected chi connectivity index (χ4v) is 3.69. The second kappa shape index (κ2) is 6.40. The maximum atomic E-state index is 12.7. The molecule has 3 heterocycles. The van der Waals surface area contributed by atoms with Gasteiger partial charge in [-0.15, -0.1) is 11.3 Å². The number of benzene rings is 1. The van der Waals surface area contributed by atoms with Gasteiger partial charge in [-0.25, -0.2) is 14.8 Å². The van der Waals surface area contributed by atoms with Gasteiger partial charge in [0.05, 0.1) is 16.8 Å². The highest BCUT2D eigenvalue weighted by atomic mass is 32.1. The van der Waals surface area contributed by atoms with Gasteiger partial charge >= 0.3 is 5.97 Å². The van der Waals surface area contributed by atoms with Crippen LogP contribution < -0.4 is 0 Å². The molecular formula is C17H13N5O4S. The first-order chi connectivity index (χ1) is 13.0. The van der Waals surface area contributed by atoms with Crippen molar-refractivity contribution in [1.29, 1.82) is 0 Å². The van der Waals surface area contributed by atoms with Crippen LogP contribution in [0.2, 0.25) is 0 Å². The Labute approximate surface area is 157 Å². The molecule has 4 rings (SSSR count). The molecule has 9 nitrogen and oxygen atoms in total. The van der Waals surface area contributed by atoms with Crippen molar-refractivity contribution in [3.8, 4) is 10.8 Å². The van der Waals surface area contributed by atoms with E-state index in [0.717, 1.165) is 11.3 Å². The van der Waals surface area contributed by atoms with E-state index in [9.17, 15) is 14.4 Å². The number of nitrogens with one attached hydrogen (secondary N) is 1. The van der Waals surface area contributed by atoms with Crippen LogP contribution >= 0.6 is 11.3 Å². The summed E-state index contributed by atoms with van der Waals surface area (Å²) < 4.78 is 0. The number of imide groups is 1. The third-order valence-corrected chi connectivity index (χ3v) is 4.99. The van der Waals surface area contributed by atoms with Crippen molar-refractivity contribution < 1.29 is 19.2 Å². The largest absolute Gasteiger partial charge is 0.375 e. The smallest absolute Gasteiger partial charge is 0.323 e. The van der Waals surface area contributed by atoms with Gasteiger partial charge in [-0.05, 0) is 18.1 Å². The van der Waals surface area contributed by atoms with Crippen LogP contribution in [-0.4, -0.2) is 43.0 Å². The topological polar surface area (TPSA) is 118 Å². The van der Waals surface area contributed by atoms with Gasteiger partial charge in [-0.1, -0.05) is 31.0 Å². The summed E-state index contributed by atoms with van der Waals surface area (Å²) in [6.45, 7) is 3.75. The van der Waals surface area contributed by atoms with Crippen LogP contribution in [0.5, 0.6) is 0 Å². The minimum Gasteiger partial charge on any atom is -0.323 e. The number of hydroxylamine groups is 2. The number of hydrogen-bond acceptors (Lipinski definition) is 8. The van der Waals surface area contributed by atoms with Crippen LogP contribution in [0.25, 0.3) is 10.8 Å². The summed E-state index contributed by atoms with van der Waals surface area (Å²) in [7, 11) is 0. The number of thiazole rings is 1. The highest BCUT2D eigenvalue weighted by molar-refractivity contribution is 7.17. The van der Waals surface area contributed by atoms with E-state index in [1.165, 1.54) is 18.5 Å². The van der Waals surface area contributed by atoms with Crippen LogP contribution in [0.3, 0.4) is 0 Å². The molecule has 1 aromatic carbocycles. The molecule has 0 spiro atoms. The second-order valence-electron chi connectivity index (χ2n) is 6.05. The number of aromatic nitrogens is 4. The molecule has 1 N–H and O–H groups in total. The lowest BCUT2D eigenvalue weighted by Crippen LogP contribution is -2.32. The van der Waals surface area contributed by atoms with Crippen LogP contribution in [0.1, 0.15) is 55.8 Å². The maximum absolute atomic E-state index is 12.7. The van der Waals surface area contributed by atoms with Gasteiger partial charge in [0.1, 0.15) is 11.2 Å². The molecule has 2 amide bonds. The number of carbonyl (C=O) groups excluding carboxylic acids is 3. The first-order valence-corrected chi connectivity index (χ1v) is 8.85. The summed E-state index contributed by atoms with van der Waals surface area (Å²) in [5, 5.41) is 7.41. The van der Waals surface area contributed by atoms with Crippen molar-refractivity contribution in [3.05, 3.63) is 52.3 Å². The first-order valence-electron chi connectivity index (χ1n) is 8.04. The van der Waals surface area contributed by atoms with Gasteiger partial charge in [0, 0.05) is 0 Å². The number of carbonyl (C=O) groups is 3. The van der Waals surface area contributed by atoms with E-state index in [2.05, 4.69) is 20.2 Å². The summed E-state index contributed by atoms with van der Waals surface area (Å²) in [6, 6.07) is 6.30. The molecular weight excluding hydrogens is 370 g/mol. The quantitative estimate of drug-likeness (QED) is 0.687. The first kappa shape index (κ1) is 17.0. The standard InChI is InChI=1S/C17H13N5O4S/c1-8(2)11-12(27-14(20-11)13-18-7-19-21-13)17(25)26-22-15(23)9-5-3-4-6-10(9)16(22)24/h3-8H,1-2H3,(H,18,19,21). The van der Waals surface area contributed by atoms with Gasteiger partial charge in [0.25, 0.3) is 11.8 Å². The lowest BCUT2D eigenvalue weighted by Gasteiger charge is -2.12. The summed E-state index contributed by atoms with van der Waals surface area (Å²) in [6.07, 6.45) is 1.34. The Morgan fingerprint density at radius 2 is 1.85 bits per heavy atom. The Bertz CT molecular complexity index is 1020. The minimum atomic E-state index is -0.823. The van der Waals surface area contributed by atoms with Crippen molar-refractivity contribution >= 4 is 29.1 Å². The summed E-state index contributed by atoms with van der Waals surface area (Å²) in [5.74, 6) is -1.83. The number of nitrogens with zero attached hydrogens (tertiary/aromatic N) is 4. The Morgan fingerprint density at radius 3 is 2.41 bits per heavy atom. The zero-order valence-electron chi connectivity index (χ0n) is 14.3. The zero-order chi connectivity index (χ0) is 19.1. The average molecular weight is 383 g/mol. The van der Waals surface area contributed by atoms with E-state index in [0.29, 0.717) is 21.6 Å². The molecule has 0 saturated heterocycles. The molecule has 0 unspecified atom stereocenters. The number of fused-ring (bicyclic) bond motifs is 1. The predicted octanol–water partition coefficient (Wildman–Crippen LogP) is 2.42. The highest BCUT2D eigenvalue weighted by Crippen LogP contribution is 2.31. The van der Waals surface area contributed by atoms with E-state index in [-0.39, 0.29) is 21.9 Å². The van der Waals surface area contributed by atoms with E-state index in [1.54, 1.807) is 12.1 Å². The lowest BCUT2D eigenvalue weighted by molar-refractivity contribution is -0.0582. The van der Waals surface area contributed by atoms with Gasteiger partial charge in [0.15, 0.2) is 10.8 Å². The minimum absolute atomic E-state index is 0.0809. The number of rotatable bonds is 4. The van der Waals surface area contributed by atoms with Crippen LogP contribution in [-0.2, 0) is 4.84 Å². The monoisotopic (exact) mass is 383 g/mol. The summed E-state index contributed by atoms with van der Waals surface area (Å²) in [5.41, 5.74) is 0.894. The fraction of sp³-hybridized carbons (Fsp3) is 0.176.